The Kier molecular flexibility index (Phi) is 2.50. The molecule has 1 heterocycles. The van der Waals surface area contributed by atoms with Crippen LogP contribution in [0.2, 0.25) is 0 Å². The van der Waals surface area contributed by atoms with E-state index in [1.165, 1.54) is 4.90 Å². The molecule has 13 heavy (non-hydrogen) atoms. The van der Waals surface area contributed by atoms with Crippen molar-refractivity contribution in [2.24, 2.45) is 0 Å². The molecule has 1 fully saturated rings. The SMILES string of the molecule is CN1CC(NC(=O)C(=O)O)CC1=O. The molecule has 0 aromatic heterocycles. The van der Waals surface area contributed by atoms with E-state index in [4.69, 9.17) is 5.11 Å². The lowest BCUT2D eigenvalue weighted by Gasteiger charge is -2.09. The minimum atomic E-state index is -1.53. The van der Waals surface area contributed by atoms with Gasteiger partial charge in [-0.15, -0.1) is 0 Å². The fourth-order valence-electron chi connectivity index (χ4n) is 1.21. The zero-order valence-corrected chi connectivity index (χ0v) is 7.11. The van der Waals surface area contributed by atoms with Crippen LogP contribution in [0.15, 0.2) is 0 Å². The van der Waals surface area contributed by atoms with E-state index < -0.39 is 11.9 Å². The number of aliphatic carboxylic acids is 1. The third kappa shape index (κ3) is 2.17. The summed E-state index contributed by atoms with van der Waals surface area (Å²) in [6.45, 7) is 0.373. The number of carboxylic acids is 1. The summed E-state index contributed by atoms with van der Waals surface area (Å²) in [6.07, 6.45) is 0.176. The van der Waals surface area contributed by atoms with E-state index in [9.17, 15) is 14.4 Å². The monoisotopic (exact) mass is 186 g/mol. The van der Waals surface area contributed by atoms with Gasteiger partial charge in [0.2, 0.25) is 5.91 Å². The highest BCUT2D eigenvalue weighted by atomic mass is 16.4. The van der Waals surface area contributed by atoms with Gasteiger partial charge in [-0.25, -0.2) is 4.79 Å². The average Bonchev–Trinajstić information content (AvgIpc) is 2.31. The van der Waals surface area contributed by atoms with E-state index in [1.807, 2.05) is 0 Å². The second-order valence-corrected chi connectivity index (χ2v) is 2.95. The summed E-state index contributed by atoms with van der Waals surface area (Å²) in [4.78, 5) is 33.2. The van der Waals surface area contributed by atoms with Crippen LogP contribution in [0.1, 0.15) is 6.42 Å². The third-order valence-corrected chi connectivity index (χ3v) is 1.87. The molecule has 1 atom stereocenters. The van der Waals surface area contributed by atoms with E-state index >= 15 is 0 Å². The zero-order valence-electron chi connectivity index (χ0n) is 7.11. The quantitative estimate of drug-likeness (QED) is 0.484. The molecule has 0 bridgehead atoms. The largest absolute Gasteiger partial charge is 0.474 e. The molecular weight excluding hydrogens is 176 g/mol. The molecule has 0 aromatic rings. The zero-order chi connectivity index (χ0) is 10.0. The number of likely N-dealkylation sites (N-methyl/N-ethyl adjacent to an activating group) is 1. The Labute approximate surface area is 74.5 Å². The van der Waals surface area contributed by atoms with Crippen LogP contribution in [0.4, 0.5) is 0 Å². The van der Waals surface area contributed by atoms with Gasteiger partial charge in [0.25, 0.3) is 0 Å². The Morgan fingerprint density at radius 3 is 2.62 bits per heavy atom. The maximum absolute atomic E-state index is 11.0. The third-order valence-electron chi connectivity index (χ3n) is 1.87. The number of hydrogen-bond donors (Lipinski definition) is 2. The second kappa shape index (κ2) is 3.42. The van der Waals surface area contributed by atoms with Crippen molar-refractivity contribution in [3.05, 3.63) is 0 Å². The van der Waals surface area contributed by atoms with E-state index in [-0.39, 0.29) is 18.4 Å². The van der Waals surface area contributed by atoms with Gasteiger partial charge in [0.05, 0.1) is 6.04 Å². The molecule has 1 aliphatic rings. The van der Waals surface area contributed by atoms with Gasteiger partial charge < -0.3 is 15.3 Å². The van der Waals surface area contributed by atoms with Gasteiger partial charge in [-0.2, -0.15) is 0 Å². The number of carbonyl (C=O) groups excluding carboxylic acids is 2. The Morgan fingerprint density at radius 2 is 2.23 bits per heavy atom. The Balaban J connectivity index is 2.45. The number of amides is 2. The highest BCUT2D eigenvalue weighted by Gasteiger charge is 2.29. The first-order valence-electron chi connectivity index (χ1n) is 3.78. The first-order valence-corrected chi connectivity index (χ1v) is 3.78. The molecule has 72 valence electrons. The number of nitrogens with zero attached hydrogens (tertiary/aromatic N) is 1. The summed E-state index contributed by atoms with van der Waals surface area (Å²) in [5.74, 6) is -2.68. The van der Waals surface area contributed by atoms with Gasteiger partial charge in [-0.05, 0) is 0 Å². The summed E-state index contributed by atoms with van der Waals surface area (Å²) in [5.41, 5.74) is 0. The van der Waals surface area contributed by atoms with Gasteiger partial charge >= 0.3 is 11.9 Å². The van der Waals surface area contributed by atoms with Crippen molar-refractivity contribution in [1.82, 2.24) is 10.2 Å². The van der Waals surface area contributed by atoms with Crippen LogP contribution in [0.25, 0.3) is 0 Å². The maximum atomic E-state index is 11.0. The molecule has 1 rings (SSSR count). The predicted octanol–water partition coefficient (Wildman–Crippen LogP) is -1.58. The molecule has 0 saturated carbocycles. The summed E-state index contributed by atoms with van der Waals surface area (Å²) in [5, 5.41) is 10.5. The van der Waals surface area contributed by atoms with Crippen LogP contribution >= 0.6 is 0 Å². The topological polar surface area (TPSA) is 86.7 Å². The van der Waals surface area contributed by atoms with Crippen molar-refractivity contribution in [3.63, 3.8) is 0 Å². The Hall–Kier alpha value is -1.59. The van der Waals surface area contributed by atoms with Crippen LogP contribution in [0.5, 0.6) is 0 Å². The number of carboxylic acid groups (broad SMARTS) is 1. The lowest BCUT2D eigenvalue weighted by molar-refractivity contribution is -0.150. The molecule has 6 heteroatoms. The highest BCUT2D eigenvalue weighted by molar-refractivity contribution is 6.31. The van der Waals surface area contributed by atoms with Crippen molar-refractivity contribution < 1.29 is 19.5 Å². The van der Waals surface area contributed by atoms with Crippen LogP contribution in [0, 0.1) is 0 Å². The summed E-state index contributed by atoms with van der Waals surface area (Å²) in [7, 11) is 1.61. The molecule has 1 unspecified atom stereocenters. The van der Waals surface area contributed by atoms with Crippen molar-refractivity contribution in [2.75, 3.05) is 13.6 Å². The molecule has 1 saturated heterocycles. The lowest BCUT2D eigenvalue weighted by atomic mass is 10.2. The van der Waals surface area contributed by atoms with Crippen LogP contribution in [-0.4, -0.2) is 47.4 Å². The minimum Gasteiger partial charge on any atom is -0.474 e. The Morgan fingerprint density at radius 1 is 1.62 bits per heavy atom. The van der Waals surface area contributed by atoms with Gasteiger partial charge in [0.1, 0.15) is 0 Å². The van der Waals surface area contributed by atoms with Crippen molar-refractivity contribution in [1.29, 1.82) is 0 Å². The molecule has 2 N–H and O–H groups in total. The molecule has 1 aliphatic heterocycles. The average molecular weight is 186 g/mol. The molecule has 2 amide bonds. The minimum absolute atomic E-state index is 0.0873. The molecule has 0 aromatic carbocycles. The summed E-state index contributed by atoms with van der Waals surface area (Å²) < 4.78 is 0. The summed E-state index contributed by atoms with van der Waals surface area (Å²) in [6, 6.07) is -0.374. The first-order chi connectivity index (χ1) is 6.00. The van der Waals surface area contributed by atoms with Crippen LogP contribution in [0.3, 0.4) is 0 Å². The molecular formula is C7H10N2O4. The second-order valence-electron chi connectivity index (χ2n) is 2.95. The van der Waals surface area contributed by atoms with Crippen molar-refractivity contribution in [3.8, 4) is 0 Å². The standard InChI is InChI=1S/C7H10N2O4/c1-9-3-4(2-5(9)10)8-6(11)7(12)13/h4H,2-3H2,1H3,(H,8,11)(H,12,13). The van der Waals surface area contributed by atoms with Crippen molar-refractivity contribution in [2.45, 2.75) is 12.5 Å². The smallest absolute Gasteiger partial charge is 0.394 e. The fourth-order valence-corrected chi connectivity index (χ4v) is 1.21. The molecule has 0 spiro atoms. The van der Waals surface area contributed by atoms with E-state index in [2.05, 4.69) is 5.32 Å². The summed E-state index contributed by atoms with van der Waals surface area (Å²) >= 11 is 0. The van der Waals surface area contributed by atoms with Crippen molar-refractivity contribution >= 4 is 17.8 Å². The molecule has 6 nitrogen and oxygen atoms in total. The molecule has 0 aliphatic carbocycles. The van der Waals surface area contributed by atoms with Gasteiger partial charge in [0.15, 0.2) is 0 Å². The first kappa shape index (κ1) is 9.50. The van der Waals surface area contributed by atoms with Gasteiger partial charge in [0, 0.05) is 20.0 Å². The van der Waals surface area contributed by atoms with E-state index in [1.54, 1.807) is 7.05 Å². The number of likely N-dealkylation sites (tertiary alicyclic amines) is 1. The highest BCUT2D eigenvalue weighted by Crippen LogP contribution is 2.07. The number of carbonyl (C=O) groups is 3. The molecule has 0 radical (unpaired) electrons. The van der Waals surface area contributed by atoms with E-state index in [0.717, 1.165) is 0 Å². The number of nitrogens with one attached hydrogen (secondary N) is 1. The van der Waals surface area contributed by atoms with Gasteiger partial charge in [-0.3, -0.25) is 9.59 Å². The lowest BCUT2D eigenvalue weighted by Crippen LogP contribution is -2.40. The van der Waals surface area contributed by atoms with Gasteiger partial charge in [-0.1, -0.05) is 0 Å². The fraction of sp³-hybridized carbons (Fsp3) is 0.571. The number of hydrogen-bond acceptors (Lipinski definition) is 3. The van der Waals surface area contributed by atoms with Crippen LogP contribution in [-0.2, 0) is 14.4 Å². The normalized spacial score (nSPS) is 21.8. The number of rotatable bonds is 1. The van der Waals surface area contributed by atoms with Crippen LogP contribution < -0.4 is 5.32 Å². The predicted molar refractivity (Wildman–Crippen MR) is 41.8 cm³/mol. The van der Waals surface area contributed by atoms with E-state index in [0.29, 0.717) is 6.54 Å². The maximum Gasteiger partial charge on any atom is 0.394 e. The Bertz CT molecular complexity index is 263.